The molecule has 50 valence electrons. The number of hydrogen-bond acceptors (Lipinski definition) is 3. The van der Waals surface area contributed by atoms with E-state index in [4.69, 9.17) is 15.0 Å². The van der Waals surface area contributed by atoms with Gasteiger partial charge in [-0.1, -0.05) is 0 Å². The number of carboxylic acids is 1. The smallest absolute Gasteiger partial charge is 0.550 e. The third kappa shape index (κ3) is 388000. The molecule has 0 bridgehead atoms. The largest absolute Gasteiger partial charge is 1.00 e. The maximum atomic E-state index is 8.89. The van der Waals surface area contributed by atoms with Crippen molar-refractivity contribution in [1.82, 2.24) is 0 Å². The maximum Gasteiger partial charge on any atom is 1.00 e. The SMILES string of the molecule is CC(=O)[O-].CC(C)O.[Li+]. The Kier molecular flexibility index (Phi) is 19.4. The molecule has 0 atom stereocenters. The fourth-order valence-corrected chi connectivity index (χ4v) is 0. The number of hydrogen-bond donors (Lipinski definition) is 1. The number of aliphatic hydroxyl groups excluding tert-OH is 1. The van der Waals surface area contributed by atoms with E-state index in [0.717, 1.165) is 6.92 Å². The van der Waals surface area contributed by atoms with E-state index in [1.807, 2.05) is 0 Å². The van der Waals surface area contributed by atoms with Crippen molar-refractivity contribution in [3.63, 3.8) is 0 Å². The molecular weight excluding hydrogens is 115 g/mol. The van der Waals surface area contributed by atoms with E-state index in [9.17, 15) is 0 Å². The molecule has 0 unspecified atom stereocenters. The van der Waals surface area contributed by atoms with Crippen molar-refractivity contribution in [2.24, 2.45) is 0 Å². The number of aliphatic hydroxyl groups is 1. The van der Waals surface area contributed by atoms with Gasteiger partial charge < -0.3 is 15.0 Å². The van der Waals surface area contributed by atoms with E-state index >= 15 is 0 Å². The van der Waals surface area contributed by atoms with Crippen LogP contribution < -0.4 is 24.0 Å². The van der Waals surface area contributed by atoms with Crippen LogP contribution in [0, 0.1) is 0 Å². The van der Waals surface area contributed by atoms with E-state index in [1.165, 1.54) is 0 Å². The Labute approximate surface area is 67.3 Å². The van der Waals surface area contributed by atoms with Gasteiger partial charge in [-0.3, -0.25) is 0 Å². The van der Waals surface area contributed by atoms with Gasteiger partial charge in [0, 0.05) is 12.1 Å². The molecule has 4 heteroatoms. The fraction of sp³-hybridized carbons (Fsp3) is 0.800. The summed E-state index contributed by atoms with van der Waals surface area (Å²) in [4.78, 5) is 8.89. The summed E-state index contributed by atoms with van der Waals surface area (Å²) in [5.41, 5.74) is 0. The second kappa shape index (κ2) is 10.9. The molecular formula is C5H11LiO3. The number of carbonyl (C=O) groups is 1. The molecule has 0 aromatic rings. The summed E-state index contributed by atoms with van der Waals surface area (Å²) >= 11 is 0. The molecule has 0 aliphatic carbocycles. The van der Waals surface area contributed by atoms with E-state index in [1.54, 1.807) is 13.8 Å². The Morgan fingerprint density at radius 3 is 1.56 bits per heavy atom. The van der Waals surface area contributed by atoms with Crippen LogP contribution in [0.1, 0.15) is 20.8 Å². The molecule has 0 aromatic carbocycles. The van der Waals surface area contributed by atoms with Gasteiger partial charge >= 0.3 is 18.9 Å². The standard InChI is InChI=1S/C3H8O.C2H4O2.Li/c1-3(2)4;1-2(3)4;/h3-4H,1-2H3;1H3,(H,3,4);/q;;+1/p-1. The summed E-state index contributed by atoms with van der Waals surface area (Å²) in [7, 11) is 0. The average Bonchev–Trinajstić information content (AvgIpc) is 1.25. The summed E-state index contributed by atoms with van der Waals surface area (Å²) < 4.78 is 0. The minimum absolute atomic E-state index is 0. The van der Waals surface area contributed by atoms with Crippen molar-refractivity contribution >= 4 is 5.97 Å². The summed E-state index contributed by atoms with van der Waals surface area (Å²) in [6, 6.07) is 0. The first-order valence-corrected chi connectivity index (χ1v) is 2.32. The Morgan fingerprint density at radius 2 is 1.56 bits per heavy atom. The van der Waals surface area contributed by atoms with Crippen molar-refractivity contribution in [1.29, 1.82) is 0 Å². The normalized spacial score (nSPS) is 6.78. The van der Waals surface area contributed by atoms with Gasteiger partial charge in [0.25, 0.3) is 0 Å². The third-order valence-electron chi connectivity index (χ3n) is 0. The quantitative estimate of drug-likeness (QED) is 0.338. The molecule has 0 heterocycles. The van der Waals surface area contributed by atoms with Crippen LogP contribution in [0.3, 0.4) is 0 Å². The third-order valence-corrected chi connectivity index (χ3v) is 0. The summed E-state index contributed by atoms with van der Waals surface area (Å²) in [6.45, 7) is 4.42. The minimum atomic E-state index is -1.08. The van der Waals surface area contributed by atoms with Crippen molar-refractivity contribution in [2.45, 2.75) is 26.9 Å². The maximum absolute atomic E-state index is 8.89. The van der Waals surface area contributed by atoms with Gasteiger partial charge in [-0.25, -0.2) is 0 Å². The van der Waals surface area contributed by atoms with Crippen LogP contribution in [0.2, 0.25) is 0 Å². The fourth-order valence-electron chi connectivity index (χ4n) is 0. The Hall–Kier alpha value is 0.0274. The van der Waals surface area contributed by atoms with E-state index in [0.29, 0.717) is 0 Å². The van der Waals surface area contributed by atoms with Crippen LogP contribution in [-0.2, 0) is 4.79 Å². The van der Waals surface area contributed by atoms with Crippen LogP contribution in [0.15, 0.2) is 0 Å². The molecule has 0 fully saturated rings. The average molecular weight is 126 g/mol. The topological polar surface area (TPSA) is 60.4 Å². The molecule has 0 radical (unpaired) electrons. The Balaban J connectivity index is -0.0000000720. The number of carboxylic acid groups (broad SMARTS) is 1. The predicted molar refractivity (Wildman–Crippen MR) is 28.0 cm³/mol. The van der Waals surface area contributed by atoms with Crippen LogP contribution in [0.5, 0.6) is 0 Å². The van der Waals surface area contributed by atoms with Gasteiger partial charge in [-0.2, -0.15) is 0 Å². The molecule has 0 saturated heterocycles. The number of aliphatic carboxylic acids is 1. The van der Waals surface area contributed by atoms with E-state index in [2.05, 4.69) is 0 Å². The zero-order valence-corrected chi connectivity index (χ0v) is 6.34. The van der Waals surface area contributed by atoms with Gasteiger partial charge in [0.15, 0.2) is 0 Å². The first-order valence-electron chi connectivity index (χ1n) is 2.32. The Bertz CT molecular complexity index is 56.5. The van der Waals surface area contributed by atoms with Crippen molar-refractivity contribution in [3.05, 3.63) is 0 Å². The monoisotopic (exact) mass is 126 g/mol. The zero-order valence-electron chi connectivity index (χ0n) is 6.34. The summed E-state index contributed by atoms with van der Waals surface area (Å²) in [5.74, 6) is -1.08. The zero-order chi connectivity index (χ0) is 7.15. The minimum Gasteiger partial charge on any atom is -0.550 e. The predicted octanol–water partition coefficient (Wildman–Crippen LogP) is -3.85. The van der Waals surface area contributed by atoms with Crippen LogP contribution in [0.4, 0.5) is 0 Å². The van der Waals surface area contributed by atoms with E-state index in [-0.39, 0.29) is 25.0 Å². The summed E-state index contributed by atoms with van der Waals surface area (Å²) in [6.07, 6.45) is -0.167. The van der Waals surface area contributed by atoms with Gasteiger partial charge in [-0.05, 0) is 20.8 Å². The van der Waals surface area contributed by atoms with E-state index < -0.39 is 5.97 Å². The summed E-state index contributed by atoms with van der Waals surface area (Å²) in [5, 5.41) is 16.9. The van der Waals surface area contributed by atoms with Crippen molar-refractivity contribution in [3.8, 4) is 0 Å². The molecule has 0 aromatic heterocycles. The molecule has 3 nitrogen and oxygen atoms in total. The van der Waals surface area contributed by atoms with Gasteiger partial charge in [0.2, 0.25) is 0 Å². The number of carbonyl (C=O) groups excluding carboxylic acids is 1. The van der Waals surface area contributed by atoms with Crippen LogP contribution in [0.25, 0.3) is 0 Å². The molecule has 0 rings (SSSR count). The van der Waals surface area contributed by atoms with Gasteiger partial charge in [0.1, 0.15) is 0 Å². The molecule has 0 spiro atoms. The second-order valence-electron chi connectivity index (χ2n) is 1.59. The van der Waals surface area contributed by atoms with Crippen molar-refractivity contribution < 1.29 is 33.9 Å². The van der Waals surface area contributed by atoms with Gasteiger partial charge in [-0.15, -0.1) is 0 Å². The molecule has 0 aliphatic heterocycles. The molecule has 1 N–H and O–H groups in total. The molecule has 0 amide bonds. The first-order chi connectivity index (χ1) is 3.46. The molecule has 9 heavy (non-hydrogen) atoms. The first kappa shape index (κ1) is 16.0. The van der Waals surface area contributed by atoms with Crippen molar-refractivity contribution in [2.75, 3.05) is 0 Å². The van der Waals surface area contributed by atoms with Crippen LogP contribution in [-0.4, -0.2) is 17.2 Å². The van der Waals surface area contributed by atoms with Crippen LogP contribution >= 0.6 is 0 Å². The Morgan fingerprint density at radius 1 is 1.56 bits per heavy atom. The molecule has 0 saturated carbocycles. The van der Waals surface area contributed by atoms with Gasteiger partial charge in [0.05, 0.1) is 0 Å². The second-order valence-corrected chi connectivity index (χ2v) is 1.59. The number of rotatable bonds is 0. The molecule has 0 aliphatic rings.